The maximum absolute atomic E-state index is 6.03. The SMILES string of the molecule is Clc1ccc2c(NCCCNCc3cc4ccccc4o3)ccnc2c1. The van der Waals surface area contributed by atoms with Crippen LogP contribution in [0, 0.1) is 0 Å². The smallest absolute Gasteiger partial charge is 0.134 e. The van der Waals surface area contributed by atoms with Crippen LogP contribution in [-0.4, -0.2) is 18.1 Å². The van der Waals surface area contributed by atoms with E-state index in [9.17, 15) is 0 Å². The third kappa shape index (κ3) is 3.82. The lowest BCUT2D eigenvalue weighted by Gasteiger charge is -2.10. The topological polar surface area (TPSA) is 50.1 Å². The zero-order valence-corrected chi connectivity index (χ0v) is 15.1. The molecule has 0 aliphatic rings. The number of para-hydroxylation sites is 1. The van der Waals surface area contributed by atoms with Crippen molar-refractivity contribution in [1.82, 2.24) is 10.3 Å². The molecule has 0 atom stereocenters. The number of hydrogen-bond donors (Lipinski definition) is 2. The molecule has 0 radical (unpaired) electrons. The number of pyridine rings is 1. The summed E-state index contributed by atoms with van der Waals surface area (Å²) in [5.74, 6) is 0.969. The Kier molecular flexibility index (Phi) is 5.04. The lowest BCUT2D eigenvalue weighted by Crippen LogP contribution is -2.17. The van der Waals surface area contributed by atoms with Crippen LogP contribution >= 0.6 is 11.6 Å². The van der Waals surface area contributed by atoms with Crippen LogP contribution in [0.1, 0.15) is 12.2 Å². The van der Waals surface area contributed by atoms with Gasteiger partial charge in [0, 0.05) is 34.2 Å². The first-order valence-corrected chi connectivity index (χ1v) is 9.14. The number of fused-ring (bicyclic) bond motifs is 2. The maximum Gasteiger partial charge on any atom is 0.134 e. The molecular formula is C21H20ClN3O. The molecule has 2 aromatic heterocycles. The van der Waals surface area contributed by atoms with Gasteiger partial charge >= 0.3 is 0 Å². The van der Waals surface area contributed by atoms with E-state index in [1.54, 1.807) is 6.20 Å². The van der Waals surface area contributed by atoms with E-state index in [2.05, 4.69) is 27.8 Å². The van der Waals surface area contributed by atoms with Crippen molar-refractivity contribution in [2.24, 2.45) is 0 Å². The van der Waals surface area contributed by atoms with E-state index in [-0.39, 0.29) is 0 Å². The lowest BCUT2D eigenvalue weighted by atomic mass is 10.2. The fourth-order valence-electron chi connectivity index (χ4n) is 3.05. The molecule has 2 aromatic carbocycles. The Labute approximate surface area is 157 Å². The molecule has 0 unspecified atom stereocenters. The minimum absolute atomic E-state index is 0.705. The monoisotopic (exact) mass is 365 g/mol. The Morgan fingerprint density at radius 3 is 2.85 bits per heavy atom. The van der Waals surface area contributed by atoms with E-state index in [4.69, 9.17) is 16.0 Å². The number of hydrogen-bond acceptors (Lipinski definition) is 4. The van der Waals surface area contributed by atoms with Gasteiger partial charge in [-0.05, 0) is 49.4 Å². The van der Waals surface area contributed by atoms with Crippen LogP contribution in [0.3, 0.4) is 0 Å². The second-order valence-electron chi connectivity index (χ2n) is 6.23. The summed E-state index contributed by atoms with van der Waals surface area (Å²) >= 11 is 6.03. The molecular weight excluding hydrogens is 346 g/mol. The summed E-state index contributed by atoms with van der Waals surface area (Å²) in [4.78, 5) is 4.36. The number of rotatable bonds is 7. The molecule has 2 N–H and O–H groups in total. The largest absolute Gasteiger partial charge is 0.460 e. The normalized spacial score (nSPS) is 11.3. The standard InChI is InChI=1S/C21H20ClN3O/c22-16-6-7-18-19(8-11-25-20(18)13-16)24-10-3-9-23-14-17-12-15-4-1-2-5-21(15)26-17/h1-2,4-8,11-13,23H,3,9-10,14H2,(H,24,25). The van der Waals surface area contributed by atoms with Gasteiger partial charge in [0.05, 0.1) is 12.1 Å². The first kappa shape index (κ1) is 16.9. The van der Waals surface area contributed by atoms with E-state index in [0.717, 1.165) is 59.4 Å². The van der Waals surface area contributed by atoms with E-state index >= 15 is 0 Å². The van der Waals surface area contributed by atoms with Crippen LogP contribution in [0.15, 0.2) is 65.2 Å². The summed E-state index contributed by atoms with van der Waals surface area (Å²) in [6, 6.07) is 18.0. The molecule has 0 bridgehead atoms. The van der Waals surface area contributed by atoms with Crippen molar-refractivity contribution in [2.75, 3.05) is 18.4 Å². The van der Waals surface area contributed by atoms with E-state index in [1.165, 1.54) is 0 Å². The first-order valence-electron chi connectivity index (χ1n) is 8.76. The third-order valence-electron chi connectivity index (χ3n) is 4.33. The highest BCUT2D eigenvalue weighted by Gasteiger charge is 2.03. The average molecular weight is 366 g/mol. The van der Waals surface area contributed by atoms with Gasteiger partial charge in [-0.15, -0.1) is 0 Å². The zero-order chi connectivity index (χ0) is 17.8. The van der Waals surface area contributed by atoms with Gasteiger partial charge in [-0.1, -0.05) is 29.8 Å². The fraction of sp³-hybridized carbons (Fsp3) is 0.190. The van der Waals surface area contributed by atoms with E-state index in [0.29, 0.717) is 5.02 Å². The fourth-order valence-corrected chi connectivity index (χ4v) is 3.21. The Morgan fingerprint density at radius 1 is 1.00 bits per heavy atom. The molecule has 132 valence electrons. The van der Waals surface area contributed by atoms with Crippen LogP contribution in [0.5, 0.6) is 0 Å². The van der Waals surface area contributed by atoms with Crippen LogP contribution in [0.25, 0.3) is 21.9 Å². The molecule has 5 heteroatoms. The van der Waals surface area contributed by atoms with E-state index < -0.39 is 0 Å². The van der Waals surface area contributed by atoms with Crippen molar-refractivity contribution < 1.29 is 4.42 Å². The number of benzene rings is 2. The molecule has 0 amide bonds. The lowest BCUT2D eigenvalue weighted by molar-refractivity contribution is 0.512. The number of nitrogens with zero attached hydrogens (tertiary/aromatic N) is 1. The number of halogens is 1. The van der Waals surface area contributed by atoms with Crippen molar-refractivity contribution in [3.63, 3.8) is 0 Å². The summed E-state index contributed by atoms with van der Waals surface area (Å²) < 4.78 is 5.81. The Hall–Kier alpha value is -2.56. The minimum atomic E-state index is 0.705. The summed E-state index contributed by atoms with van der Waals surface area (Å²) in [5.41, 5.74) is 2.94. The molecule has 0 saturated heterocycles. The summed E-state index contributed by atoms with van der Waals surface area (Å²) in [5, 5.41) is 9.85. The van der Waals surface area contributed by atoms with Crippen LogP contribution in [-0.2, 0) is 6.54 Å². The van der Waals surface area contributed by atoms with Crippen molar-refractivity contribution in [1.29, 1.82) is 0 Å². The molecule has 2 heterocycles. The van der Waals surface area contributed by atoms with Crippen molar-refractivity contribution >= 4 is 39.2 Å². The molecule has 0 fully saturated rings. The van der Waals surface area contributed by atoms with Gasteiger partial charge in [-0.3, -0.25) is 4.98 Å². The number of nitrogens with one attached hydrogen (secondary N) is 2. The molecule has 0 spiro atoms. The van der Waals surface area contributed by atoms with Gasteiger partial charge in [0.25, 0.3) is 0 Å². The second kappa shape index (κ2) is 7.77. The quantitative estimate of drug-likeness (QED) is 0.440. The van der Waals surface area contributed by atoms with Gasteiger partial charge in [0.1, 0.15) is 11.3 Å². The molecule has 0 saturated carbocycles. The Balaban J connectivity index is 1.25. The molecule has 0 aliphatic carbocycles. The van der Waals surface area contributed by atoms with Crippen molar-refractivity contribution in [2.45, 2.75) is 13.0 Å². The highest BCUT2D eigenvalue weighted by Crippen LogP contribution is 2.24. The van der Waals surface area contributed by atoms with Crippen molar-refractivity contribution in [3.8, 4) is 0 Å². The highest BCUT2D eigenvalue weighted by atomic mass is 35.5. The van der Waals surface area contributed by atoms with E-state index in [1.807, 2.05) is 42.5 Å². The van der Waals surface area contributed by atoms with Crippen LogP contribution in [0.4, 0.5) is 5.69 Å². The molecule has 4 rings (SSSR count). The second-order valence-corrected chi connectivity index (χ2v) is 6.66. The zero-order valence-electron chi connectivity index (χ0n) is 14.3. The van der Waals surface area contributed by atoms with Gasteiger partial charge in [-0.2, -0.15) is 0 Å². The van der Waals surface area contributed by atoms with Crippen LogP contribution in [0.2, 0.25) is 5.02 Å². The van der Waals surface area contributed by atoms with Gasteiger partial charge in [0.2, 0.25) is 0 Å². The highest BCUT2D eigenvalue weighted by molar-refractivity contribution is 6.31. The Morgan fingerprint density at radius 2 is 1.92 bits per heavy atom. The predicted octanol–water partition coefficient (Wildman–Crippen LogP) is 5.23. The maximum atomic E-state index is 6.03. The number of furan rings is 1. The van der Waals surface area contributed by atoms with Gasteiger partial charge < -0.3 is 15.1 Å². The van der Waals surface area contributed by atoms with Crippen molar-refractivity contribution in [3.05, 3.63) is 71.6 Å². The molecule has 4 aromatic rings. The van der Waals surface area contributed by atoms with Gasteiger partial charge in [0.15, 0.2) is 0 Å². The average Bonchev–Trinajstić information content (AvgIpc) is 3.07. The van der Waals surface area contributed by atoms with Crippen LogP contribution < -0.4 is 10.6 Å². The Bertz CT molecular complexity index is 995. The first-order chi connectivity index (χ1) is 12.8. The van der Waals surface area contributed by atoms with Gasteiger partial charge in [-0.25, -0.2) is 0 Å². The summed E-state index contributed by atoms with van der Waals surface area (Å²) in [7, 11) is 0. The number of anilines is 1. The summed E-state index contributed by atoms with van der Waals surface area (Å²) in [6.45, 7) is 2.54. The molecule has 26 heavy (non-hydrogen) atoms. The minimum Gasteiger partial charge on any atom is -0.460 e. The third-order valence-corrected chi connectivity index (χ3v) is 4.56. The molecule has 0 aliphatic heterocycles. The summed E-state index contributed by atoms with van der Waals surface area (Å²) in [6.07, 6.45) is 2.82. The molecule has 4 nitrogen and oxygen atoms in total. The number of aromatic nitrogens is 1. The predicted molar refractivity (Wildman–Crippen MR) is 108 cm³/mol.